The molecule has 4 rings (SSSR count). The minimum Gasteiger partial charge on any atom is -0.467 e. The van der Waals surface area contributed by atoms with E-state index >= 15 is 4.39 Å². The van der Waals surface area contributed by atoms with Gasteiger partial charge in [0.05, 0.1) is 28.1 Å². The number of aromatic nitrogens is 1. The molecule has 266 valence electrons. The van der Waals surface area contributed by atoms with Crippen LogP contribution in [0.25, 0.3) is 11.1 Å². The molecule has 1 aliphatic rings. The first-order chi connectivity index (χ1) is 22.8. The van der Waals surface area contributed by atoms with Crippen LogP contribution in [0.3, 0.4) is 0 Å². The molecule has 10 nitrogen and oxygen atoms in total. The Hall–Kier alpha value is -4.43. The predicted octanol–water partition coefficient (Wildman–Crippen LogP) is 6.13. The Morgan fingerprint density at radius 1 is 0.939 bits per heavy atom. The van der Waals surface area contributed by atoms with Gasteiger partial charge >= 0.3 is 6.18 Å². The van der Waals surface area contributed by atoms with Crippen LogP contribution in [0.15, 0.2) is 47.4 Å². The Bertz CT molecular complexity index is 1740. The summed E-state index contributed by atoms with van der Waals surface area (Å²) >= 11 is 0. The number of benzene rings is 2. The van der Waals surface area contributed by atoms with Crippen LogP contribution in [0.5, 0.6) is 5.75 Å². The first-order valence-electron chi connectivity index (χ1n) is 15.7. The molecule has 0 bridgehead atoms. The third kappa shape index (κ3) is 9.60. The van der Waals surface area contributed by atoms with Gasteiger partial charge in [-0.1, -0.05) is 26.8 Å². The van der Waals surface area contributed by atoms with Crippen molar-refractivity contribution in [3.8, 4) is 16.9 Å². The number of methoxy groups -OCH3 is 1. The Morgan fingerprint density at radius 2 is 1.61 bits per heavy atom. The maximum Gasteiger partial charge on any atom is 0.417 e. The van der Waals surface area contributed by atoms with Crippen molar-refractivity contribution in [2.45, 2.75) is 52.8 Å². The van der Waals surface area contributed by atoms with Crippen LogP contribution < -0.4 is 25.8 Å². The van der Waals surface area contributed by atoms with Crippen molar-refractivity contribution < 1.29 is 36.6 Å². The number of rotatable bonds is 10. The zero-order chi connectivity index (χ0) is 36.3. The van der Waals surface area contributed by atoms with E-state index in [9.17, 15) is 27.6 Å². The van der Waals surface area contributed by atoms with Crippen molar-refractivity contribution in [2.75, 3.05) is 57.3 Å². The second-order valence-corrected chi connectivity index (χ2v) is 14.1. The van der Waals surface area contributed by atoms with Crippen LogP contribution in [0.1, 0.15) is 67.3 Å². The third-order valence-corrected chi connectivity index (χ3v) is 7.94. The molecule has 1 saturated heterocycles. The normalized spacial score (nSPS) is 14.5. The van der Waals surface area contributed by atoms with E-state index in [4.69, 9.17) is 9.47 Å². The van der Waals surface area contributed by atoms with Gasteiger partial charge in [0.1, 0.15) is 11.6 Å². The molecule has 49 heavy (non-hydrogen) atoms. The van der Waals surface area contributed by atoms with E-state index in [1.165, 1.54) is 19.2 Å². The smallest absolute Gasteiger partial charge is 0.417 e. The number of nitrogens with zero attached hydrogens (tertiary/aromatic N) is 2. The Labute approximate surface area is 282 Å². The van der Waals surface area contributed by atoms with E-state index in [0.29, 0.717) is 50.6 Å². The molecule has 14 heteroatoms. The zero-order valence-electron chi connectivity index (χ0n) is 28.7. The molecule has 0 unspecified atom stereocenters. The summed E-state index contributed by atoms with van der Waals surface area (Å²) in [5.41, 5.74) is -3.06. The number of carbonyl (C=O) groups is 2. The van der Waals surface area contributed by atoms with Gasteiger partial charge in [0.2, 0.25) is 5.56 Å². The summed E-state index contributed by atoms with van der Waals surface area (Å²) in [6.07, 6.45) is -3.63. The number of aromatic amines is 1. The van der Waals surface area contributed by atoms with Gasteiger partial charge in [0.15, 0.2) is 6.79 Å². The van der Waals surface area contributed by atoms with E-state index in [1.807, 2.05) is 46.6 Å². The summed E-state index contributed by atoms with van der Waals surface area (Å²) < 4.78 is 67.9. The van der Waals surface area contributed by atoms with Gasteiger partial charge in [-0.25, -0.2) is 4.39 Å². The summed E-state index contributed by atoms with van der Waals surface area (Å²) in [6.45, 7) is 12.2. The maximum atomic E-state index is 15.8. The van der Waals surface area contributed by atoms with Gasteiger partial charge in [-0.2, -0.15) is 13.2 Å². The predicted molar refractivity (Wildman–Crippen MR) is 180 cm³/mol. The number of nitrogens with one attached hydrogen (secondary N) is 3. The first-order valence-corrected chi connectivity index (χ1v) is 15.7. The summed E-state index contributed by atoms with van der Waals surface area (Å²) in [4.78, 5) is 45.0. The SMILES string of the molecule is COCOc1cc(F)c(-c2ccc(N3CCN(C)CC3)c(NC(=O)c3c[nH]c(=O)cc3C(F)(F)F)c2)cc1C(=O)NC(C)(C)CC(C)(C)C. The molecule has 2 aromatic carbocycles. The molecule has 1 aliphatic heterocycles. The molecule has 0 radical (unpaired) electrons. The van der Waals surface area contributed by atoms with Crippen LogP contribution in [-0.2, 0) is 10.9 Å². The third-order valence-electron chi connectivity index (χ3n) is 7.94. The number of H-pyrrole nitrogens is 1. The van der Waals surface area contributed by atoms with Gasteiger partial charge in [0.25, 0.3) is 11.8 Å². The molecule has 0 aliphatic carbocycles. The molecule has 1 aromatic heterocycles. The highest BCUT2D eigenvalue weighted by Gasteiger charge is 2.36. The van der Waals surface area contributed by atoms with E-state index < -0.39 is 46.0 Å². The number of likely N-dealkylation sites (N-methyl/N-ethyl adjacent to an activating group) is 1. The number of amides is 2. The number of carbonyl (C=O) groups excluding carboxylic acids is 2. The molecule has 2 heterocycles. The average Bonchev–Trinajstić information content (AvgIpc) is 2.98. The number of anilines is 2. The quantitative estimate of drug-likeness (QED) is 0.173. The number of ether oxygens (including phenoxy) is 2. The molecular formula is C35H43F4N5O5. The van der Waals surface area contributed by atoms with Gasteiger partial charge in [-0.15, -0.1) is 0 Å². The second kappa shape index (κ2) is 14.6. The number of hydrogen-bond acceptors (Lipinski definition) is 7. The largest absolute Gasteiger partial charge is 0.467 e. The van der Waals surface area contributed by atoms with E-state index in [-0.39, 0.29) is 40.3 Å². The van der Waals surface area contributed by atoms with Gasteiger partial charge < -0.3 is 34.9 Å². The summed E-state index contributed by atoms with van der Waals surface area (Å²) in [6, 6.07) is 7.44. The molecule has 2 amide bonds. The lowest BCUT2D eigenvalue weighted by Crippen LogP contribution is -2.45. The fraction of sp³-hybridized carbons (Fsp3) is 0.457. The lowest BCUT2D eigenvalue weighted by atomic mass is 9.81. The van der Waals surface area contributed by atoms with Gasteiger partial charge in [0, 0.05) is 62.7 Å². The summed E-state index contributed by atoms with van der Waals surface area (Å²) in [7, 11) is 3.35. The van der Waals surface area contributed by atoms with E-state index in [2.05, 4.69) is 20.5 Å². The van der Waals surface area contributed by atoms with E-state index in [0.717, 1.165) is 6.07 Å². The lowest BCUT2D eigenvalue weighted by molar-refractivity contribution is -0.138. The van der Waals surface area contributed by atoms with Crippen LogP contribution in [-0.4, -0.2) is 74.4 Å². The van der Waals surface area contributed by atoms with Crippen molar-refractivity contribution in [3.63, 3.8) is 0 Å². The van der Waals surface area contributed by atoms with Crippen LogP contribution in [0.4, 0.5) is 28.9 Å². The molecule has 0 spiro atoms. The Morgan fingerprint density at radius 3 is 2.22 bits per heavy atom. The number of pyridine rings is 1. The zero-order valence-corrected chi connectivity index (χ0v) is 28.7. The highest BCUT2D eigenvalue weighted by atomic mass is 19.4. The minimum absolute atomic E-state index is 0.0102. The molecule has 1 fully saturated rings. The monoisotopic (exact) mass is 689 g/mol. The van der Waals surface area contributed by atoms with Gasteiger partial charge in [-0.3, -0.25) is 14.4 Å². The van der Waals surface area contributed by atoms with Crippen LogP contribution in [0.2, 0.25) is 0 Å². The van der Waals surface area contributed by atoms with Crippen molar-refractivity contribution >= 4 is 23.2 Å². The molecule has 0 atom stereocenters. The number of halogens is 4. The highest BCUT2D eigenvalue weighted by molar-refractivity contribution is 6.07. The summed E-state index contributed by atoms with van der Waals surface area (Å²) in [5, 5.41) is 5.58. The van der Waals surface area contributed by atoms with Crippen LogP contribution >= 0.6 is 0 Å². The fourth-order valence-electron chi connectivity index (χ4n) is 6.15. The van der Waals surface area contributed by atoms with E-state index in [1.54, 1.807) is 12.1 Å². The van der Waals surface area contributed by atoms with Crippen molar-refractivity contribution in [2.24, 2.45) is 5.41 Å². The number of hydrogen-bond donors (Lipinski definition) is 3. The molecule has 3 aromatic rings. The standard InChI is InChI=1S/C35H43F4N5O5/c1-33(2,3)19-34(4,5)42-32(47)23-15-22(26(36)17-29(23)49-20-48-7)21-8-9-28(44-12-10-43(6)11-13-44)27(14-21)41-31(46)24-18-40-30(45)16-25(24)35(37,38)39/h8-9,14-18H,10-13,19-20H2,1-7H3,(H,40,45)(H,41,46)(H,42,47). The topological polar surface area (TPSA) is 116 Å². The molecular weight excluding hydrogens is 646 g/mol. The van der Waals surface area contributed by atoms with Crippen molar-refractivity contribution in [1.82, 2.24) is 15.2 Å². The van der Waals surface area contributed by atoms with Crippen molar-refractivity contribution in [1.29, 1.82) is 0 Å². The average molecular weight is 690 g/mol. The number of alkyl halides is 3. The van der Waals surface area contributed by atoms with Crippen molar-refractivity contribution in [3.05, 3.63) is 75.5 Å². The summed E-state index contributed by atoms with van der Waals surface area (Å²) in [5.74, 6) is -2.43. The molecule has 3 N–H and O–H groups in total. The number of piperazine rings is 1. The minimum atomic E-state index is -4.97. The fourth-order valence-corrected chi connectivity index (χ4v) is 6.15. The highest BCUT2D eigenvalue weighted by Crippen LogP contribution is 2.37. The first kappa shape index (κ1) is 37.4. The Balaban J connectivity index is 1.81. The second-order valence-electron chi connectivity index (χ2n) is 14.1. The maximum absolute atomic E-state index is 15.8. The molecule has 0 saturated carbocycles. The van der Waals surface area contributed by atoms with Gasteiger partial charge in [-0.05, 0) is 56.5 Å². The van der Waals surface area contributed by atoms with Crippen LogP contribution in [0, 0.1) is 11.2 Å². The lowest BCUT2D eigenvalue weighted by Gasteiger charge is -2.35. The Kier molecular flexibility index (Phi) is 11.1.